The highest BCUT2D eigenvalue weighted by Gasteiger charge is 2.65. The van der Waals surface area contributed by atoms with Gasteiger partial charge < -0.3 is 9.47 Å². The molecule has 3 aliphatic rings. The molecule has 2 saturated carbocycles. The fraction of sp³-hybridized carbons (Fsp3) is 0.846. The number of carbonyl (C=O) groups is 2. The van der Waals surface area contributed by atoms with Gasteiger partial charge in [0.2, 0.25) is 0 Å². The summed E-state index contributed by atoms with van der Waals surface area (Å²) in [6, 6.07) is 0. The summed E-state index contributed by atoms with van der Waals surface area (Å²) in [5.74, 6) is -6.29. The van der Waals surface area contributed by atoms with E-state index in [9.17, 15) is 26.8 Å². The lowest BCUT2D eigenvalue weighted by molar-refractivity contribution is -0.171. The van der Waals surface area contributed by atoms with Crippen molar-refractivity contribution in [1.82, 2.24) is 0 Å². The van der Waals surface area contributed by atoms with Crippen LogP contribution in [0.5, 0.6) is 0 Å². The Morgan fingerprint density at radius 3 is 2.65 bits per heavy atom. The molecule has 0 amide bonds. The van der Waals surface area contributed by atoms with Gasteiger partial charge in [-0.25, -0.2) is 4.79 Å². The van der Waals surface area contributed by atoms with E-state index in [0.717, 1.165) is 0 Å². The fourth-order valence-corrected chi connectivity index (χ4v) is 5.49. The number of ether oxygens (including phenoxy) is 2. The van der Waals surface area contributed by atoms with Crippen LogP contribution in [0.4, 0.5) is 8.78 Å². The zero-order valence-corrected chi connectivity index (χ0v) is 13.1. The molecule has 3 fully saturated rings. The predicted molar refractivity (Wildman–Crippen MR) is 69.9 cm³/mol. The topological polar surface area (TPSA) is 96.0 Å². The first kappa shape index (κ1) is 16.6. The fourth-order valence-electron chi connectivity index (χ4n) is 3.61. The second-order valence-electron chi connectivity index (χ2n) is 6.22. The highest BCUT2D eigenvalue weighted by atomic mass is 32.2. The number of alkyl halides is 2. The summed E-state index contributed by atoms with van der Waals surface area (Å²) in [5.41, 5.74) is 0. The summed E-state index contributed by atoms with van der Waals surface area (Å²) >= 11 is 0. The van der Waals surface area contributed by atoms with Crippen molar-refractivity contribution in [2.24, 2.45) is 11.8 Å². The molecule has 1 heterocycles. The number of rotatable bonds is 5. The molecule has 1 aliphatic heterocycles. The van der Waals surface area contributed by atoms with Gasteiger partial charge in [0.1, 0.15) is 18.8 Å². The van der Waals surface area contributed by atoms with Crippen LogP contribution >= 0.6 is 0 Å². The summed E-state index contributed by atoms with van der Waals surface area (Å²) < 4.78 is 63.2. The summed E-state index contributed by atoms with van der Waals surface area (Å²) in [6.07, 6.45) is -0.653. The smallest absolute Gasteiger partial charge is 0.376 e. The molecule has 0 aromatic heterocycles. The van der Waals surface area contributed by atoms with Gasteiger partial charge in [-0.05, 0) is 12.8 Å². The van der Waals surface area contributed by atoms with Crippen molar-refractivity contribution < 1.29 is 40.4 Å². The minimum absolute atomic E-state index is 0.0706. The first-order chi connectivity index (χ1) is 10.6. The van der Waals surface area contributed by atoms with E-state index in [-0.39, 0.29) is 18.3 Å². The van der Waals surface area contributed by atoms with Crippen LogP contribution in [0.15, 0.2) is 0 Å². The van der Waals surface area contributed by atoms with Crippen LogP contribution < -0.4 is 0 Å². The molecule has 0 radical (unpaired) electrons. The standard InChI is InChI=1S/C13H16F2O7S/c1-13(14,15)12(17)20-3-2-9(16)21-10-6-4-7-8(5-6)23(18,19)22-11(7)10/h6-8,10-11H,2-5H2,1H3. The molecule has 3 rings (SSSR count). The predicted octanol–water partition coefficient (Wildman–Crippen LogP) is 0.624. The molecule has 0 aromatic carbocycles. The van der Waals surface area contributed by atoms with E-state index in [2.05, 4.69) is 4.74 Å². The van der Waals surface area contributed by atoms with Crippen molar-refractivity contribution in [1.29, 1.82) is 0 Å². The minimum Gasteiger partial charge on any atom is -0.461 e. The van der Waals surface area contributed by atoms with E-state index < -0.39 is 52.0 Å². The van der Waals surface area contributed by atoms with E-state index in [1.54, 1.807) is 0 Å². The third-order valence-corrected chi connectivity index (χ3v) is 6.35. The summed E-state index contributed by atoms with van der Waals surface area (Å²) in [6.45, 7) is -0.119. The zero-order valence-electron chi connectivity index (χ0n) is 12.2. The molecule has 5 atom stereocenters. The number of esters is 2. The SMILES string of the molecule is CC(F)(F)C(=O)OCCC(=O)OC1C2CC3C1OS(=O)(=O)C3C2. The van der Waals surface area contributed by atoms with Crippen LogP contribution in [-0.4, -0.2) is 50.3 Å². The Labute approximate surface area is 131 Å². The maximum absolute atomic E-state index is 12.6. The van der Waals surface area contributed by atoms with E-state index in [0.29, 0.717) is 19.8 Å². The van der Waals surface area contributed by atoms with Crippen LogP contribution in [0.3, 0.4) is 0 Å². The Balaban J connectivity index is 1.50. The van der Waals surface area contributed by atoms with E-state index >= 15 is 0 Å². The number of carbonyl (C=O) groups excluding carboxylic acids is 2. The summed E-state index contributed by atoms with van der Waals surface area (Å²) in [4.78, 5) is 22.6. The van der Waals surface area contributed by atoms with E-state index in [4.69, 9.17) is 8.92 Å². The highest BCUT2D eigenvalue weighted by Crippen LogP contribution is 2.55. The average molecular weight is 354 g/mol. The van der Waals surface area contributed by atoms with Crippen molar-refractivity contribution in [3.8, 4) is 0 Å². The lowest BCUT2D eigenvalue weighted by Gasteiger charge is -2.24. The lowest BCUT2D eigenvalue weighted by atomic mass is 9.94. The normalized spacial score (nSPS) is 36.9. The number of hydrogen-bond donors (Lipinski definition) is 0. The number of halogens is 2. The van der Waals surface area contributed by atoms with Gasteiger partial charge in [0.15, 0.2) is 0 Å². The van der Waals surface area contributed by atoms with Gasteiger partial charge in [-0.15, -0.1) is 0 Å². The molecule has 0 spiro atoms. The number of fused-ring (bicyclic) bond motifs is 1. The van der Waals surface area contributed by atoms with E-state index in [1.807, 2.05) is 0 Å². The zero-order chi connectivity index (χ0) is 17.0. The highest BCUT2D eigenvalue weighted by molar-refractivity contribution is 7.87. The molecule has 1 saturated heterocycles. The molecular formula is C13H16F2O7S. The van der Waals surface area contributed by atoms with E-state index in [1.165, 1.54) is 0 Å². The van der Waals surface area contributed by atoms with Gasteiger partial charge in [-0.2, -0.15) is 17.2 Å². The molecule has 23 heavy (non-hydrogen) atoms. The molecule has 2 aliphatic carbocycles. The first-order valence-corrected chi connectivity index (χ1v) is 8.73. The Hall–Kier alpha value is -1.29. The first-order valence-electron chi connectivity index (χ1n) is 7.26. The van der Waals surface area contributed by atoms with Crippen LogP contribution in [0.2, 0.25) is 0 Å². The summed E-state index contributed by atoms with van der Waals surface area (Å²) in [7, 11) is -3.59. The van der Waals surface area contributed by atoms with Crippen molar-refractivity contribution >= 4 is 22.1 Å². The Bertz CT molecular complexity index is 627. The van der Waals surface area contributed by atoms with Crippen LogP contribution in [0, 0.1) is 11.8 Å². The maximum atomic E-state index is 12.6. The van der Waals surface area contributed by atoms with Crippen molar-refractivity contribution in [2.75, 3.05) is 6.61 Å². The molecule has 130 valence electrons. The second-order valence-corrected chi connectivity index (χ2v) is 8.00. The quantitative estimate of drug-likeness (QED) is 0.527. The lowest BCUT2D eigenvalue weighted by Crippen LogP contribution is -2.37. The van der Waals surface area contributed by atoms with Crippen LogP contribution in [0.1, 0.15) is 26.2 Å². The van der Waals surface area contributed by atoms with Crippen molar-refractivity contribution in [3.05, 3.63) is 0 Å². The van der Waals surface area contributed by atoms with Gasteiger partial charge in [-0.1, -0.05) is 0 Å². The molecule has 7 nitrogen and oxygen atoms in total. The molecule has 10 heteroatoms. The monoisotopic (exact) mass is 354 g/mol. The van der Waals surface area contributed by atoms with Gasteiger partial charge >= 0.3 is 17.9 Å². The van der Waals surface area contributed by atoms with Crippen LogP contribution in [-0.2, 0) is 33.4 Å². The third kappa shape index (κ3) is 2.93. The van der Waals surface area contributed by atoms with Gasteiger partial charge in [0.25, 0.3) is 10.1 Å². The molecule has 5 unspecified atom stereocenters. The van der Waals surface area contributed by atoms with Gasteiger partial charge in [-0.3, -0.25) is 8.98 Å². The molecule has 0 aromatic rings. The number of hydrogen-bond acceptors (Lipinski definition) is 7. The second kappa shape index (κ2) is 5.37. The Morgan fingerprint density at radius 1 is 1.30 bits per heavy atom. The van der Waals surface area contributed by atoms with Crippen molar-refractivity contribution in [2.45, 2.75) is 49.6 Å². The van der Waals surface area contributed by atoms with Gasteiger partial charge in [0, 0.05) is 18.8 Å². The molecular weight excluding hydrogens is 338 g/mol. The maximum Gasteiger partial charge on any atom is 0.376 e. The third-order valence-electron chi connectivity index (χ3n) is 4.58. The molecule has 2 bridgehead atoms. The van der Waals surface area contributed by atoms with Crippen molar-refractivity contribution in [3.63, 3.8) is 0 Å². The average Bonchev–Trinajstić information content (AvgIpc) is 3.01. The van der Waals surface area contributed by atoms with Gasteiger partial charge in [0.05, 0.1) is 11.7 Å². The Kier molecular flexibility index (Phi) is 3.87. The summed E-state index contributed by atoms with van der Waals surface area (Å²) in [5, 5.41) is -0.514. The minimum atomic E-state index is -3.62. The molecule has 0 N–H and O–H groups in total. The van der Waals surface area contributed by atoms with Crippen LogP contribution in [0.25, 0.3) is 0 Å². The largest absolute Gasteiger partial charge is 0.461 e. The Morgan fingerprint density at radius 2 is 2.00 bits per heavy atom.